The highest BCUT2D eigenvalue weighted by atomic mass is 16.5. The highest BCUT2D eigenvalue weighted by Crippen LogP contribution is 2.30. The van der Waals surface area contributed by atoms with Gasteiger partial charge in [-0.1, -0.05) is 24.3 Å². The van der Waals surface area contributed by atoms with Gasteiger partial charge in [0.1, 0.15) is 22.8 Å². The van der Waals surface area contributed by atoms with Crippen LogP contribution >= 0.6 is 0 Å². The molecule has 1 amide bonds. The van der Waals surface area contributed by atoms with Gasteiger partial charge in [0.2, 0.25) is 0 Å². The van der Waals surface area contributed by atoms with Crippen molar-refractivity contribution in [2.75, 3.05) is 7.11 Å². The van der Waals surface area contributed by atoms with E-state index < -0.39 is 17.6 Å². The molecule has 0 saturated carbocycles. The number of nitrogens with zero attached hydrogens (tertiary/aromatic N) is 2. The predicted molar refractivity (Wildman–Crippen MR) is 117 cm³/mol. The van der Waals surface area contributed by atoms with Gasteiger partial charge >= 0.3 is 5.97 Å². The number of hydrazone groups is 1. The summed E-state index contributed by atoms with van der Waals surface area (Å²) in [6.07, 6.45) is 1.24. The van der Waals surface area contributed by atoms with E-state index in [0.29, 0.717) is 22.2 Å². The zero-order valence-corrected chi connectivity index (χ0v) is 16.8. The second kappa shape index (κ2) is 7.83. The lowest BCUT2D eigenvalue weighted by Crippen LogP contribution is -2.20. The average Bonchev–Trinajstić information content (AvgIpc) is 3.10. The van der Waals surface area contributed by atoms with Crippen LogP contribution in [0.15, 0.2) is 59.7 Å². The monoisotopic (exact) mass is 417 g/mol. The van der Waals surface area contributed by atoms with Crippen LogP contribution in [0.3, 0.4) is 0 Å². The summed E-state index contributed by atoms with van der Waals surface area (Å²) in [4.78, 5) is 24.1. The first-order chi connectivity index (χ1) is 14.9. The molecular formula is C23H19N3O5. The number of ether oxygens (including phenoxy) is 1. The summed E-state index contributed by atoms with van der Waals surface area (Å²) in [5.74, 6) is -1.44. The number of aryl methyl sites for hydroxylation is 1. The third-order valence-corrected chi connectivity index (χ3v) is 5.13. The van der Waals surface area contributed by atoms with Crippen molar-refractivity contribution in [3.8, 4) is 11.5 Å². The van der Waals surface area contributed by atoms with Crippen LogP contribution in [0.2, 0.25) is 0 Å². The van der Waals surface area contributed by atoms with Gasteiger partial charge in [0.25, 0.3) is 5.91 Å². The summed E-state index contributed by atoms with van der Waals surface area (Å²) >= 11 is 0. The quantitative estimate of drug-likeness (QED) is 0.340. The standard InChI is InChI=1S/C23H19N3O5/c1-26-19-8-7-15(31-2)9-14(19)11-20(26)22(28)25-24-12-18-16-6-4-3-5-13(16)10-17(21(18)27)23(29)30/h3-12,27H,1-2H3,(H,25,28)(H,29,30). The van der Waals surface area contributed by atoms with E-state index in [4.69, 9.17) is 4.74 Å². The molecule has 1 aromatic heterocycles. The Kier molecular flexibility index (Phi) is 5.04. The molecule has 0 fully saturated rings. The fourth-order valence-electron chi connectivity index (χ4n) is 3.54. The maximum absolute atomic E-state index is 12.7. The lowest BCUT2D eigenvalue weighted by molar-refractivity contribution is 0.0693. The SMILES string of the molecule is COc1ccc2c(c1)cc(C(=O)NN=Cc1c(O)c(C(=O)O)cc3ccccc13)n2C. The molecule has 0 aliphatic carbocycles. The van der Waals surface area contributed by atoms with Crippen LogP contribution in [0.4, 0.5) is 0 Å². The van der Waals surface area contributed by atoms with Crippen molar-refractivity contribution in [3.63, 3.8) is 0 Å². The molecule has 0 unspecified atom stereocenters. The second-order valence-corrected chi connectivity index (χ2v) is 6.93. The minimum absolute atomic E-state index is 0.206. The number of hydrogen-bond donors (Lipinski definition) is 3. The van der Waals surface area contributed by atoms with Crippen LogP contribution in [-0.4, -0.2) is 40.0 Å². The van der Waals surface area contributed by atoms with Crippen molar-refractivity contribution >= 4 is 39.8 Å². The third kappa shape index (κ3) is 3.55. The maximum Gasteiger partial charge on any atom is 0.339 e. The number of carboxylic acid groups (broad SMARTS) is 1. The molecule has 31 heavy (non-hydrogen) atoms. The van der Waals surface area contributed by atoms with Gasteiger partial charge in [-0.3, -0.25) is 4.79 Å². The highest BCUT2D eigenvalue weighted by Gasteiger charge is 2.17. The number of hydrogen-bond acceptors (Lipinski definition) is 5. The Bertz CT molecular complexity index is 1370. The number of amides is 1. The number of methoxy groups -OCH3 is 1. The molecule has 4 rings (SSSR count). The zero-order chi connectivity index (χ0) is 22.1. The molecule has 0 radical (unpaired) electrons. The zero-order valence-electron chi connectivity index (χ0n) is 16.8. The molecule has 0 aliphatic heterocycles. The van der Waals surface area contributed by atoms with E-state index >= 15 is 0 Å². The Morgan fingerprint density at radius 1 is 1.10 bits per heavy atom. The van der Waals surface area contributed by atoms with Crippen molar-refractivity contribution < 1.29 is 24.5 Å². The molecule has 3 N–H and O–H groups in total. The van der Waals surface area contributed by atoms with Crippen LogP contribution in [-0.2, 0) is 7.05 Å². The van der Waals surface area contributed by atoms with E-state index in [1.807, 2.05) is 18.2 Å². The number of aromatic carboxylic acids is 1. The van der Waals surface area contributed by atoms with Crippen molar-refractivity contribution in [3.05, 3.63) is 71.4 Å². The smallest absolute Gasteiger partial charge is 0.339 e. The molecule has 156 valence electrons. The summed E-state index contributed by atoms with van der Waals surface area (Å²) in [7, 11) is 3.34. The summed E-state index contributed by atoms with van der Waals surface area (Å²) < 4.78 is 6.95. The Labute approximate surface area is 177 Å². The summed E-state index contributed by atoms with van der Waals surface area (Å²) in [5, 5.41) is 25.8. The Hall–Kier alpha value is -4.33. The Balaban J connectivity index is 1.66. The number of phenols is 1. The van der Waals surface area contributed by atoms with Crippen LogP contribution in [0.25, 0.3) is 21.7 Å². The van der Waals surface area contributed by atoms with Crippen molar-refractivity contribution in [2.24, 2.45) is 12.1 Å². The van der Waals surface area contributed by atoms with Gasteiger partial charge in [-0.15, -0.1) is 0 Å². The number of aromatic nitrogens is 1. The molecule has 0 spiro atoms. The number of rotatable bonds is 5. The van der Waals surface area contributed by atoms with Gasteiger partial charge in [0, 0.05) is 23.5 Å². The number of carbonyl (C=O) groups excluding carboxylic acids is 1. The first-order valence-corrected chi connectivity index (χ1v) is 9.35. The number of aromatic hydroxyl groups is 1. The number of fused-ring (bicyclic) bond motifs is 2. The Morgan fingerprint density at radius 2 is 1.87 bits per heavy atom. The van der Waals surface area contributed by atoms with Gasteiger partial charge < -0.3 is 19.5 Å². The maximum atomic E-state index is 12.7. The predicted octanol–water partition coefficient (Wildman–Crippen LogP) is 3.51. The fraction of sp³-hybridized carbons (Fsp3) is 0.0870. The van der Waals surface area contributed by atoms with Crippen LogP contribution in [0.5, 0.6) is 11.5 Å². The minimum Gasteiger partial charge on any atom is -0.506 e. The van der Waals surface area contributed by atoms with Crippen molar-refractivity contribution in [1.82, 2.24) is 9.99 Å². The summed E-state index contributed by atoms with van der Waals surface area (Å²) in [6.45, 7) is 0. The van der Waals surface area contributed by atoms with Crippen molar-refractivity contribution in [1.29, 1.82) is 0 Å². The van der Waals surface area contributed by atoms with E-state index in [9.17, 15) is 19.8 Å². The molecule has 0 saturated heterocycles. The third-order valence-electron chi connectivity index (χ3n) is 5.13. The fourth-order valence-corrected chi connectivity index (χ4v) is 3.54. The van der Waals surface area contributed by atoms with E-state index in [1.165, 1.54) is 12.3 Å². The minimum atomic E-state index is -1.26. The topological polar surface area (TPSA) is 113 Å². The summed E-state index contributed by atoms with van der Waals surface area (Å²) in [5.41, 5.74) is 3.64. The normalized spacial score (nSPS) is 11.3. The molecule has 0 bridgehead atoms. The van der Waals surface area contributed by atoms with E-state index in [1.54, 1.807) is 49.1 Å². The highest BCUT2D eigenvalue weighted by molar-refractivity contribution is 6.08. The molecule has 8 heteroatoms. The van der Waals surface area contributed by atoms with Gasteiger partial charge in [0.05, 0.1) is 13.3 Å². The first-order valence-electron chi connectivity index (χ1n) is 9.35. The largest absolute Gasteiger partial charge is 0.506 e. The van der Waals surface area contributed by atoms with Gasteiger partial charge in [0.15, 0.2) is 0 Å². The number of carboxylic acids is 1. The molecule has 0 atom stereocenters. The number of nitrogens with one attached hydrogen (secondary N) is 1. The number of benzene rings is 3. The molecule has 0 aliphatic rings. The van der Waals surface area contributed by atoms with Gasteiger partial charge in [-0.05, 0) is 41.1 Å². The van der Waals surface area contributed by atoms with E-state index in [-0.39, 0.29) is 11.1 Å². The lowest BCUT2D eigenvalue weighted by Gasteiger charge is -2.08. The number of carbonyl (C=O) groups is 2. The molecule has 3 aromatic carbocycles. The van der Waals surface area contributed by atoms with Gasteiger partial charge in [-0.2, -0.15) is 5.10 Å². The molecule has 1 heterocycles. The van der Waals surface area contributed by atoms with Crippen LogP contribution in [0.1, 0.15) is 26.4 Å². The van der Waals surface area contributed by atoms with Gasteiger partial charge in [-0.25, -0.2) is 10.2 Å². The van der Waals surface area contributed by atoms with E-state index in [0.717, 1.165) is 10.9 Å². The van der Waals surface area contributed by atoms with Crippen LogP contribution in [0, 0.1) is 0 Å². The molecular weight excluding hydrogens is 398 g/mol. The Morgan fingerprint density at radius 3 is 2.61 bits per heavy atom. The summed E-state index contributed by atoms with van der Waals surface area (Å²) in [6, 6.07) is 15.6. The average molecular weight is 417 g/mol. The van der Waals surface area contributed by atoms with E-state index in [2.05, 4.69) is 10.5 Å². The van der Waals surface area contributed by atoms with Crippen LogP contribution < -0.4 is 10.2 Å². The van der Waals surface area contributed by atoms with Crippen molar-refractivity contribution in [2.45, 2.75) is 0 Å². The molecule has 4 aromatic rings. The first kappa shape index (κ1) is 20.0. The molecule has 8 nitrogen and oxygen atoms in total. The lowest BCUT2D eigenvalue weighted by atomic mass is 10.00. The second-order valence-electron chi connectivity index (χ2n) is 6.93.